The average Bonchev–Trinajstić information content (AvgIpc) is 3.25. The molecule has 5 nitrogen and oxygen atoms in total. The number of imidazole rings is 1. The Morgan fingerprint density at radius 3 is 2.47 bits per heavy atom. The minimum Gasteiger partial charge on any atom is -0.355 e. The highest BCUT2D eigenvalue weighted by Gasteiger charge is 2.23. The number of para-hydroxylation sites is 2. The Morgan fingerprint density at radius 1 is 0.882 bits per heavy atom. The van der Waals surface area contributed by atoms with Gasteiger partial charge < -0.3 is 4.90 Å². The molecule has 1 aliphatic heterocycles. The molecule has 3 aromatic carbocycles. The number of piperazine rings is 1. The Morgan fingerprint density at radius 2 is 1.65 bits per heavy atom. The van der Waals surface area contributed by atoms with Gasteiger partial charge in [0.1, 0.15) is 11.9 Å². The van der Waals surface area contributed by atoms with Crippen LogP contribution in [0.2, 0.25) is 0 Å². The summed E-state index contributed by atoms with van der Waals surface area (Å²) in [5.41, 5.74) is 7.17. The summed E-state index contributed by atoms with van der Waals surface area (Å²) in [6, 6.07) is 25.8. The quantitative estimate of drug-likeness (QED) is 0.370. The number of nitrogens with zero attached hydrogens (tertiary/aromatic N) is 5. The van der Waals surface area contributed by atoms with E-state index in [-0.39, 0.29) is 0 Å². The van der Waals surface area contributed by atoms with Gasteiger partial charge in [-0.2, -0.15) is 5.26 Å². The van der Waals surface area contributed by atoms with Gasteiger partial charge in [0, 0.05) is 32.7 Å². The van der Waals surface area contributed by atoms with Gasteiger partial charge in [0.25, 0.3) is 0 Å². The topological polar surface area (TPSA) is 47.6 Å². The summed E-state index contributed by atoms with van der Waals surface area (Å²) >= 11 is 0. The van der Waals surface area contributed by atoms with Crippen LogP contribution < -0.4 is 4.90 Å². The number of hydrogen-bond acceptors (Lipinski definition) is 4. The van der Waals surface area contributed by atoms with Crippen molar-refractivity contribution in [3.8, 4) is 6.07 Å². The van der Waals surface area contributed by atoms with Gasteiger partial charge in [-0.05, 0) is 59.5 Å². The van der Waals surface area contributed by atoms with Crippen molar-refractivity contribution in [1.29, 1.82) is 5.26 Å². The van der Waals surface area contributed by atoms with Crippen molar-refractivity contribution in [3.05, 3.63) is 89.0 Å². The predicted molar refractivity (Wildman–Crippen MR) is 138 cm³/mol. The standard InChI is InChI=1S/C29H27N5/c1-20-11-12-22-7-3-4-8-23(22)25(20)19-32-13-15-33(16-14-32)28-17-21(2)24(18-30)29-31-26-9-5-6-10-27(26)34(28)29/h3-12,17H,13-16,19H2,1-2H3. The summed E-state index contributed by atoms with van der Waals surface area (Å²) in [6.45, 7) is 9.08. The first-order valence-corrected chi connectivity index (χ1v) is 11.9. The van der Waals surface area contributed by atoms with Crippen LogP contribution in [-0.4, -0.2) is 40.5 Å². The van der Waals surface area contributed by atoms with E-state index >= 15 is 0 Å². The van der Waals surface area contributed by atoms with Crippen LogP contribution in [0, 0.1) is 25.2 Å². The van der Waals surface area contributed by atoms with Crippen LogP contribution >= 0.6 is 0 Å². The van der Waals surface area contributed by atoms with Gasteiger partial charge in [-0.1, -0.05) is 48.5 Å². The lowest BCUT2D eigenvalue weighted by Gasteiger charge is -2.37. The molecule has 0 amide bonds. The van der Waals surface area contributed by atoms with Crippen molar-refractivity contribution in [2.45, 2.75) is 20.4 Å². The van der Waals surface area contributed by atoms with Crippen molar-refractivity contribution in [2.75, 3.05) is 31.1 Å². The first-order valence-electron chi connectivity index (χ1n) is 11.9. The number of pyridine rings is 1. The van der Waals surface area contributed by atoms with Crippen LogP contribution in [-0.2, 0) is 6.54 Å². The highest BCUT2D eigenvalue weighted by atomic mass is 15.3. The maximum absolute atomic E-state index is 9.79. The SMILES string of the molecule is Cc1ccc2ccccc2c1CN1CCN(c2cc(C)c(C#N)c3nc4ccccc4n23)CC1. The molecule has 0 unspecified atom stereocenters. The Labute approximate surface area is 199 Å². The molecule has 5 heteroatoms. The molecule has 5 aromatic rings. The van der Waals surface area contributed by atoms with E-state index in [2.05, 4.69) is 75.7 Å². The molecular formula is C29H27N5. The molecule has 1 saturated heterocycles. The van der Waals surface area contributed by atoms with Gasteiger partial charge in [-0.3, -0.25) is 9.30 Å². The van der Waals surface area contributed by atoms with E-state index in [9.17, 15) is 5.26 Å². The molecule has 34 heavy (non-hydrogen) atoms. The fourth-order valence-corrected chi connectivity index (χ4v) is 5.32. The largest absolute Gasteiger partial charge is 0.355 e. The highest BCUT2D eigenvalue weighted by Crippen LogP contribution is 2.30. The first-order chi connectivity index (χ1) is 16.6. The van der Waals surface area contributed by atoms with Crippen molar-refractivity contribution < 1.29 is 0 Å². The van der Waals surface area contributed by atoms with Crippen LogP contribution in [0.25, 0.3) is 27.5 Å². The summed E-state index contributed by atoms with van der Waals surface area (Å²) < 4.78 is 2.17. The number of benzene rings is 3. The Kier molecular flexibility index (Phi) is 4.97. The number of nitriles is 1. The van der Waals surface area contributed by atoms with E-state index in [4.69, 9.17) is 4.98 Å². The van der Waals surface area contributed by atoms with Gasteiger partial charge in [0.2, 0.25) is 0 Å². The van der Waals surface area contributed by atoms with Crippen LogP contribution in [0.5, 0.6) is 0 Å². The molecule has 0 spiro atoms. The molecule has 0 atom stereocenters. The lowest BCUT2D eigenvalue weighted by atomic mass is 9.99. The third kappa shape index (κ3) is 3.30. The average molecular weight is 446 g/mol. The molecule has 0 aliphatic carbocycles. The molecular weight excluding hydrogens is 418 g/mol. The molecule has 6 rings (SSSR count). The van der Waals surface area contributed by atoms with Crippen LogP contribution in [0.15, 0.2) is 66.7 Å². The van der Waals surface area contributed by atoms with E-state index in [1.54, 1.807) is 0 Å². The van der Waals surface area contributed by atoms with Crippen molar-refractivity contribution in [3.63, 3.8) is 0 Å². The monoisotopic (exact) mass is 445 g/mol. The number of aryl methyl sites for hydroxylation is 2. The van der Waals surface area contributed by atoms with Gasteiger partial charge >= 0.3 is 0 Å². The Balaban J connectivity index is 1.32. The zero-order valence-electron chi connectivity index (χ0n) is 19.6. The van der Waals surface area contributed by atoms with Crippen molar-refractivity contribution in [2.24, 2.45) is 0 Å². The van der Waals surface area contributed by atoms with Crippen molar-refractivity contribution >= 4 is 33.3 Å². The second-order valence-corrected chi connectivity index (χ2v) is 9.28. The molecule has 0 N–H and O–H groups in total. The third-order valence-electron chi connectivity index (χ3n) is 7.22. The predicted octanol–water partition coefficient (Wildman–Crippen LogP) is 5.45. The van der Waals surface area contributed by atoms with E-state index < -0.39 is 0 Å². The maximum Gasteiger partial charge on any atom is 0.157 e. The molecule has 2 aromatic heterocycles. The molecule has 0 saturated carbocycles. The van der Waals surface area contributed by atoms with Crippen LogP contribution in [0.1, 0.15) is 22.3 Å². The van der Waals surface area contributed by atoms with Gasteiger partial charge in [-0.15, -0.1) is 0 Å². The smallest absolute Gasteiger partial charge is 0.157 e. The van der Waals surface area contributed by atoms with Gasteiger partial charge in [-0.25, -0.2) is 4.98 Å². The van der Waals surface area contributed by atoms with E-state index in [1.165, 1.54) is 21.9 Å². The molecule has 1 fully saturated rings. The number of anilines is 1. The number of hydrogen-bond donors (Lipinski definition) is 0. The normalized spacial score (nSPS) is 14.8. The van der Waals surface area contributed by atoms with Gasteiger partial charge in [0.15, 0.2) is 5.65 Å². The summed E-state index contributed by atoms with van der Waals surface area (Å²) in [6.07, 6.45) is 0. The molecule has 1 aliphatic rings. The van der Waals surface area contributed by atoms with E-state index in [0.717, 1.165) is 60.8 Å². The fourth-order valence-electron chi connectivity index (χ4n) is 5.32. The van der Waals surface area contributed by atoms with Crippen LogP contribution in [0.3, 0.4) is 0 Å². The zero-order valence-corrected chi connectivity index (χ0v) is 19.6. The Bertz CT molecular complexity index is 1580. The van der Waals surface area contributed by atoms with Crippen molar-refractivity contribution in [1.82, 2.24) is 14.3 Å². The van der Waals surface area contributed by atoms with Gasteiger partial charge in [0.05, 0.1) is 16.6 Å². The molecule has 3 heterocycles. The second-order valence-electron chi connectivity index (χ2n) is 9.28. The Hall–Kier alpha value is -3.88. The molecule has 0 radical (unpaired) electrons. The zero-order chi connectivity index (χ0) is 23.2. The molecule has 0 bridgehead atoms. The fraction of sp³-hybridized carbons (Fsp3) is 0.241. The lowest BCUT2D eigenvalue weighted by Crippen LogP contribution is -2.46. The van der Waals surface area contributed by atoms with E-state index in [0.29, 0.717) is 5.56 Å². The number of aromatic nitrogens is 2. The molecule has 168 valence electrons. The lowest BCUT2D eigenvalue weighted by molar-refractivity contribution is 0.249. The minimum atomic E-state index is 0.657. The highest BCUT2D eigenvalue weighted by molar-refractivity contribution is 5.87. The summed E-state index contributed by atoms with van der Waals surface area (Å²) in [4.78, 5) is 9.82. The summed E-state index contributed by atoms with van der Waals surface area (Å²) in [7, 11) is 0. The summed E-state index contributed by atoms with van der Waals surface area (Å²) in [5, 5.41) is 12.5. The minimum absolute atomic E-state index is 0.657. The maximum atomic E-state index is 9.79. The number of fused-ring (bicyclic) bond motifs is 4. The van der Waals surface area contributed by atoms with Crippen LogP contribution in [0.4, 0.5) is 5.82 Å². The summed E-state index contributed by atoms with van der Waals surface area (Å²) in [5.74, 6) is 1.13. The van der Waals surface area contributed by atoms with E-state index in [1.807, 2.05) is 25.1 Å². The third-order valence-corrected chi connectivity index (χ3v) is 7.22. The number of rotatable bonds is 3. The first kappa shape index (κ1) is 20.7. The second kappa shape index (κ2) is 8.16.